The van der Waals surface area contributed by atoms with Gasteiger partial charge in [0.2, 0.25) is 53.2 Å². The van der Waals surface area contributed by atoms with Crippen molar-refractivity contribution in [3.8, 4) is 0 Å². The second-order valence-electron chi connectivity index (χ2n) is 39.3. The molecule has 19 N–H and O–H groups in total. The smallest absolute Gasteiger partial charge is 0.362 e. The third-order valence-corrected chi connectivity index (χ3v) is 29.1. The Morgan fingerprint density at radius 3 is 1.03 bits per heavy atom. The maximum Gasteiger partial charge on any atom is 0.362 e. The molecule has 14 rings (SSSR count). The maximum absolute atomic E-state index is 13.3. The van der Waals surface area contributed by atoms with Gasteiger partial charge in [0.1, 0.15) is 17.1 Å². The number of nitro benzene ring substituents is 2. The number of aliphatic hydroxyl groups is 2. The third-order valence-electron chi connectivity index (χ3n) is 28.5. The predicted molar refractivity (Wildman–Crippen MR) is 557 cm³/mol. The molecule has 9 amide bonds. The molecule has 2 aliphatic carbocycles. The van der Waals surface area contributed by atoms with Crippen LogP contribution in [0.25, 0.3) is 0 Å². The fourth-order valence-electron chi connectivity index (χ4n) is 20.8. The number of likely N-dealkylation sites (tertiary alicyclic amines) is 3. The molecule has 810 valence electrons. The molecule has 16 atom stereocenters. The van der Waals surface area contributed by atoms with Gasteiger partial charge in [-0.05, 0) is 213 Å². The highest BCUT2D eigenvalue weighted by molar-refractivity contribution is 14.1. The van der Waals surface area contributed by atoms with Crippen LogP contribution in [0.4, 0.5) is 11.4 Å². The van der Waals surface area contributed by atoms with Crippen molar-refractivity contribution in [2.24, 2.45) is 111 Å². The zero-order valence-electron chi connectivity index (χ0n) is 85.6. The number of esters is 4. The Labute approximate surface area is 873 Å². The largest absolute Gasteiger partial charge is 0.481 e. The molecule has 2 aromatic rings. The van der Waals surface area contributed by atoms with Crippen LogP contribution in [0.1, 0.15) is 238 Å². The van der Waals surface area contributed by atoms with Gasteiger partial charge >= 0.3 is 29.8 Å². The molecule has 10 heterocycles. The summed E-state index contributed by atoms with van der Waals surface area (Å²) in [7, 11) is 2.57. The van der Waals surface area contributed by atoms with E-state index in [9.17, 15) is 103 Å². The number of carbonyl (C=O) groups excluding carboxylic acids is 13. The Hall–Kier alpha value is -9.77. The molecule has 0 aromatic heterocycles. The van der Waals surface area contributed by atoms with Crippen LogP contribution >= 0.6 is 47.8 Å². The Morgan fingerprint density at radius 1 is 0.483 bits per heavy atom. The lowest BCUT2D eigenvalue weighted by molar-refractivity contribution is -0.385. The second kappa shape index (κ2) is 62.5. The van der Waals surface area contributed by atoms with Crippen LogP contribution in [0.2, 0.25) is 0 Å². The van der Waals surface area contributed by atoms with Crippen LogP contribution in [0, 0.1) is 91.2 Å². The number of aliphatic hydroxyl groups excluding tert-OH is 2. The number of amides is 9. The van der Waals surface area contributed by atoms with Gasteiger partial charge in [0.05, 0.1) is 74.4 Å². The van der Waals surface area contributed by atoms with E-state index >= 15 is 0 Å². The van der Waals surface area contributed by atoms with Crippen molar-refractivity contribution in [1.29, 1.82) is 0 Å². The number of nitrogens with zero attached hydrogens (tertiary/aromatic N) is 9. The fourth-order valence-corrected chi connectivity index (χ4v) is 20.8. The van der Waals surface area contributed by atoms with Gasteiger partial charge in [-0.15, -0.1) is 9.24 Å². The van der Waals surface area contributed by atoms with Gasteiger partial charge in [0.25, 0.3) is 17.3 Å². The van der Waals surface area contributed by atoms with Gasteiger partial charge in [0, 0.05) is 131 Å². The van der Waals surface area contributed by atoms with Crippen LogP contribution in [-0.2, 0) is 71.8 Å². The minimum Gasteiger partial charge on any atom is -0.481 e. The standard InChI is InChI=1S/C26H32N4O7.C25H30N4O8.C18H27N3O5.C8H15NO.C7H14N2O.C6H15N.C5H11N.C2H4BrNO.C2H4O2.CH4IP/c1-14(2)21-22-15(3)19(13-28-11-10-16(12-28)4-9-20(27)31)23(29(22)24(21)32)26(34)37-25(33)17-5-7-18(8-6-17)30(35)36;1-13-18(12-27-10-9-15(11-27)3-8-19(26)31)22(28-21(13)20(14(2)30)23(28)32)25(34)37-24(33)16-4-6-17(7-5-16)29(35)36;1-9-12(8-20-6-5-11(7-20)3-4-13(19)23)16(18(25)26)21-15(9)14(10(2)22)17(21)24;9-8(10)6-5-7-3-1-2-4-7;8-7(10)2-1-6-3-4-9-5-6;1-4-7(5-2)6-3;6-5-3-1-2-4-5;3-1-2(4)5;1-2(3)4;2-1-3/h5-8,14-16,21-22H,4,9-13H2,1-3H3,(H2,27,31);4-7,13-15,20-21,30H,3,8-12H2,1-2H3,(H2,26,31);9-11,14-15,22H,3-8H2,1-2H3,(H2,19,23)(H,25,26);7H,1-6H2,(H2,9,10);6,9H,1-5H2,(H2,8,10);4-6H2,1-3H3;5H,1-4,6H2;1H2,(H2,4,5);1H3,(H,3,4);1,3H2/t15-,16-,21+,22+;13-,14+,15-,20+,21+;9-,10+,11-,14+,15+;;6-;;;;;/m000.0...../s1. The molecule has 9 fully saturated rings. The number of ether oxygens (including phenoxy) is 2. The van der Waals surface area contributed by atoms with E-state index in [-0.39, 0.29) is 140 Å². The summed E-state index contributed by atoms with van der Waals surface area (Å²) in [5.41, 5.74) is 37.9. The van der Waals surface area contributed by atoms with Crippen LogP contribution in [0.15, 0.2) is 82.3 Å². The Bertz CT molecular complexity index is 4610. The van der Waals surface area contributed by atoms with Gasteiger partial charge in [-0.1, -0.05) is 132 Å². The minimum absolute atomic E-state index is 0.00414. The van der Waals surface area contributed by atoms with Gasteiger partial charge < -0.3 is 95.0 Å². The van der Waals surface area contributed by atoms with Crippen molar-refractivity contribution in [3.05, 3.63) is 114 Å². The number of nitro groups is 2. The van der Waals surface area contributed by atoms with E-state index in [1.165, 1.54) is 123 Å². The first-order valence-electron chi connectivity index (χ1n) is 50.3. The number of hydrogen-bond acceptors (Lipinski definition) is 29. The molecule has 2 saturated carbocycles. The molecule has 12 aliphatic rings. The normalized spacial score (nSPS) is 24.1. The first-order chi connectivity index (χ1) is 68.4. The van der Waals surface area contributed by atoms with E-state index in [0.717, 1.165) is 137 Å². The Balaban J connectivity index is 0.000000317. The molecule has 7 saturated heterocycles. The van der Waals surface area contributed by atoms with E-state index in [2.05, 4.69) is 99.2 Å². The number of nitrogens with one attached hydrogen (secondary N) is 1. The lowest BCUT2D eigenvalue weighted by Crippen LogP contribution is -2.63. The SMILES string of the molecule is CC(=O)O.CC(C)[C@H]1C(=O)N2C(C(=O)OC(=O)c3ccc([N+](=O)[O-])cc3)=C(CN3CC[C@H](CCC(N)=O)C3)[C@H](C)[C@H]12.CCN(CC)CC.C[C@@H](O)[C@H]1C(=O)N2C(C(=O)O)=C(CN3CC[C@H](CCC(N)=O)C3)[C@H](C)[C@H]12.C[C@@H](O)[C@H]1C(=O)N2C(C(=O)OC(=O)c3ccc([N+](=O)[O-])cc3)=C(CN3CC[C@H](CCC(N)=O)C3)[C@H](C)[C@H]12.NC(=O)CBr.NC(=O)CCC1CCCC1.NC(=O)CC[C@H]1CCNC1.NC1CCCC1.PCI. The molecule has 42 nitrogen and oxygen atoms in total. The van der Waals surface area contributed by atoms with Crippen molar-refractivity contribution in [2.75, 3.05) is 101 Å². The number of carbonyl (C=O) groups is 15. The van der Waals surface area contributed by atoms with E-state index in [4.69, 9.17) is 53.8 Å². The molecular formula is C100H156BrIN17O25P. The highest BCUT2D eigenvalue weighted by atomic mass is 127. The minimum atomic E-state index is -1.09. The topological polar surface area (TPSA) is 659 Å². The van der Waals surface area contributed by atoms with Crippen LogP contribution < -0.4 is 45.5 Å². The lowest BCUT2D eigenvalue weighted by Gasteiger charge is -2.47. The number of β-lactam (4-membered cyclic amide) rings is 3. The van der Waals surface area contributed by atoms with E-state index in [1.807, 2.05) is 34.6 Å². The molecule has 0 radical (unpaired) electrons. The van der Waals surface area contributed by atoms with Crippen molar-refractivity contribution in [2.45, 2.75) is 254 Å². The number of non-ortho nitro benzene ring substituents is 2. The number of rotatable bonds is 35. The van der Waals surface area contributed by atoms with Crippen molar-refractivity contribution in [1.82, 2.24) is 39.6 Å². The monoisotopic (exact) mass is 2230 g/mol. The summed E-state index contributed by atoms with van der Waals surface area (Å²) in [5, 5.41) is 62.3. The van der Waals surface area contributed by atoms with Crippen molar-refractivity contribution >= 4 is 148 Å². The number of alkyl halides is 2. The summed E-state index contributed by atoms with van der Waals surface area (Å²) in [6.07, 6.45) is 19.1. The van der Waals surface area contributed by atoms with E-state index in [1.54, 1.807) is 6.92 Å². The maximum atomic E-state index is 13.3. The van der Waals surface area contributed by atoms with E-state index in [0.29, 0.717) is 100 Å². The summed E-state index contributed by atoms with van der Waals surface area (Å²) >= 11 is 5.09. The van der Waals surface area contributed by atoms with Gasteiger partial charge in [-0.2, -0.15) is 0 Å². The molecule has 145 heavy (non-hydrogen) atoms. The summed E-state index contributed by atoms with van der Waals surface area (Å²) in [6.45, 7) is 32.2. The molecule has 0 spiro atoms. The van der Waals surface area contributed by atoms with Gasteiger partial charge in [-0.3, -0.25) is 82.9 Å². The number of fused-ring (bicyclic) bond motifs is 3. The molecule has 10 aliphatic heterocycles. The van der Waals surface area contributed by atoms with Crippen molar-refractivity contribution in [3.63, 3.8) is 0 Å². The molecular weight excluding hydrogens is 2080 g/mol. The quantitative estimate of drug-likeness (QED) is 0.00458. The third kappa shape index (κ3) is 38.4. The number of halogens is 2. The zero-order chi connectivity index (χ0) is 109. The first kappa shape index (κ1) is 126. The van der Waals surface area contributed by atoms with Gasteiger partial charge in [-0.25, -0.2) is 24.0 Å². The first-order valence-corrected chi connectivity index (χ1v) is 53.8. The fraction of sp³-hybridized carbons (Fsp3) is 0.670. The van der Waals surface area contributed by atoms with Crippen LogP contribution in [0.3, 0.4) is 0 Å². The summed E-state index contributed by atoms with van der Waals surface area (Å²) < 4.78 is 11.4. The number of benzene rings is 2. The number of aliphatic carboxylic acids is 2. The number of carboxylic acids is 2. The van der Waals surface area contributed by atoms with Crippen LogP contribution in [-0.4, -0.2) is 291 Å². The second-order valence-corrected chi connectivity index (χ2v) is 42.8. The molecule has 2 aromatic carbocycles. The molecule has 45 heteroatoms. The highest BCUT2D eigenvalue weighted by Gasteiger charge is 2.63. The predicted octanol–water partition coefficient (Wildman–Crippen LogP) is 7.75. The van der Waals surface area contributed by atoms with Gasteiger partial charge in [0.15, 0.2) is 0 Å². The number of hydrogen-bond donors (Lipinski definition) is 12. The van der Waals surface area contributed by atoms with Crippen molar-refractivity contribution < 1.29 is 112 Å². The van der Waals surface area contributed by atoms with E-state index < -0.39 is 81.7 Å². The summed E-state index contributed by atoms with van der Waals surface area (Å²) in [6, 6.07) is 9.10. The zero-order valence-corrected chi connectivity index (χ0v) is 90.5. The number of carboxylic acid groups (broad SMARTS) is 2. The average molecular weight is 2230 g/mol. The lowest BCUT2D eigenvalue weighted by atomic mass is 9.74. The molecule has 1 unspecified atom stereocenters. The summed E-state index contributed by atoms with van der Waals surface area (Å²) in [5.74, 6) is -7.47. The Morgan fingerprint density at radius 2 is 0.772 bits per heavy atom. The highest BCUT2D eigenvalue weighted by Crippen LogP contribution is 2.52. The Kier molecular flexibility index (Phi) is 54.2. The molecule has 0 bridgehead atoms. The number of primary amides is 6. The van der Waals surface area contributed by atoms with Crippen LogP contribution in [0.5, 0.6) is 0 Å². The summed E-state index contributed by atoms with van der Waals surface area (Å²) in [4.78, 5) is 208. The average Bonchev–Trinajstić information content (AvgIpc) is 1.56. The number of nitrogens with two attached hydrogens (primary N) is 7.